The minimum absolute atomic E-state index is 0.386. The highest BCUT2D eigenvalue weighted by Crippen LogP contribution is 1.95. The molecule has 0 unspecified atom stereocenters. The van der Waals surface area contributed by atoms with Gasteiger partial charge in [-0.15, -0.1) is 0 Å². The zero-order valence-corrected chi connectivity index (χ0v) is 7.33. The molecule has 0 aliphatic heterocycles. The van der Waals surface area contributed by atoms with Gasteiger partial charge >= 0.3 is 0 Å². The third-order valence-electron chi connectivity index (χ3n) is 0.974. The van der Waals surface area contributed by atoms with Gasteiger partial charge in [0.15, 0.2) is 12.0 Å². The predicted octanol–water partition coefficient (Wildman–Crippen LogP) is 1.01. The number of nitrogens with zero attached hydrogens (tertiary/aromatic N) is 1. The molecule has 11 heavy (non-hydrogen) atoms. The van der Waals surface area contributed by atoms with E-state index in [1.165, 1.54) is 0 Å². The van der Waals surface area contributed by atoms with Crippen molar-refractivity contribution in [3.05, 3.63) is 12.0 Å². The molecule has 0 atom stereocenters. The largest absolute Gasteiger partial charge is 0.489 e. The molecule has 0 bridgehead atoms. The van der Waals surface area contributed by atoms with Crippen molar-refractivity contribution in [2.24, 2.45) is 0 Å². The highest BCUT2D eigenvalue weighted by Gasteiger charge is 1.94. The van der Waals surface area contributed by atoms with E-state index in [2.05, 4.69) is 0 Å². The van der Waals surface area contributed by atoms with Crippen LogP contribution in [0.4, 0.5) is 0 Å². The zero-order valence-electron chi connectivity index (χ0n) is 7.33. The van der Waals surface area contributed by atoms with E-state index >= 15 is 0 Å². The van der Waals surface area contributed by atoms with Crippen LogP contribution in [-0.2, 0) is 9.53 Å². The Morgan fingerprint density at radius 3 is 2.55 bits per heavy atom. The lowest BCUT2D eigenvalue weighted by atomic mass is 10.5. The molecular formula is C8H15NO2. The van der Waals surface area contributed by atoms with E-state index in [9.17, 15) is 4.79 Å². The van der Waals surface area contributed by atoms with Crippen molar-refractivity contribution < 1.29 is 9.53 Å². The molecule has 0 fully saturated rings. The number of aldehydes is 1. The van der Waals surface area contributed by atoms with Gasteiger partial charge in [0.2, 0.25) is 0 Å². The number of hydrogen-bond donors (Lipinski definition) is 0. The molecule has 0 heterocycles. The summed E-state index contributed by atoms with van der Waals surface area (Å²) >= 11 is 0. The average molecular weight is 157 g/mol. The predicted molar refractivity (Wildman–Crippen MR) is 44.1 cm³/mol. The molecule has 0 amide bonds. The average Bonchev–Trinajstić information content (AvgIpc) is 1.97. The Morgan fingerprint density at radius 1 is 1.55 bits per heavy atom. The first-order chi connectivity index (χ1) is 5.20. The highest BCUT2D eigenvalue weighted by atomic mass is 16.5. The first-order valence-corrected chi connectivity index (χ1v) is 3.67. The lowest BCUT2D eigenvalue weighted by molar-refractivity contribution is -0.107. The van der Waals surface area contributed by atoms with Crippen LogP contribution in [0.1, 0.15) is 13.3 Å². The van der Waals surface area contributed by atoms with E-state index in [-0.39, 0.29) is 0 Å². The quantitative estimate of drug-likeness (QED) is 0.339. The van der Waals surface area contributed by atoms with Gasteiger partial charge in [-0.05, 0) is 6.42 Å². The fourth-order valence-electron chi connectivity index (χ4n) is 0.576. The summed E-state index contributed by atoms with van der Waals surface area (Å²) in [7, 11) is 3.69. The molecule has 0 rings (SSSR count). The maximum atomic E-state index is 10.3. The second-order valence-electron chi connectivity index (χ2n) is 2.46. The van der Waals surface area contributed by atoms with Gasteiger partial charge in [0.25, 0.3) is 0 Å². The fraction of sp³-hybridized carbons (Fsp3) is 0.625. The van der Waals surface area contributed by atoms with Gasteiger partial charge in [0.1, 0.15) is 0 Å². The SMILES string of the molecule is CCCOC(C=O)=CN(C)C. The summed E-state index contributed by atoms with van der Waals surface area (Å²) < 4.78 is 5.10. The smallest absolute Gasteiger partial charge is 0.186 e. The fourth-order valence-corrected chi connectivity index (χ4v) is 0.576. The summed E-state index contributed by atoms with van der Waals surface area (Å²) in [4.78, 5) is 12.1. The van der Waals surface area contributed by atoms with Crippen LogP contribution in [0, 0.1) is 0 Å². The minimum atomic E-state index is 0.386. The van der Waals surface area contributed by atoms with Crippen LogP contribution in [0.5, 0.6) is 0 Å². The Hall–Kier alpha value is -0.990. The monoisotopic (exact) mass is 157 g/mol. The molecule has 0 saturated carbocycles. The number of allylic oxidation sites excluding steroid dienone is 1. The zero-order chi connectivity index (χ0) is 8.69. The maximum absolute atomic E-state index is 10.3. The molecule has 0 aromatic heterocycles. The summed E-state index contributed by atoms with van der Waals surface area (Å²) in [5.74, 6) is 0.386. The van der Waals surface area contributed by atoms with Crippen molar-refractivity contribution >= 4 is 6.29 Å². The molecule has 0 aliphatic carbocycles. The van der Waals surface area contributed by atoms with Crippen LogP contribution < -0.4 is 0 Å². The van der Waals surface area contributed by atoms with E-state index in [1.807, 2.05) is 21.0 Å². The Labute approximate surface area is 67.6 Å². The summed E-state index contributed by atoms with van der Waals surface area (Å²) in [6.07, 6.45) is 3.29. The number of rotatable bonds is 5. The normalized spacial score (nSPS) is 11.0. The topological polar surface area (TPSA) is 29.5 Å². The molecule has 0 aliphatic rings. The van der Waals surface area contributed by atoms with Crippen LogP contribution in [0.25, 0.3) is 0 Å². The van der Waals surface area contributed by atoms with E-state index < -0.39 is 0 Å². The van der Waals surface area contributed by atoms with Crippen molar-refractivity contribution in [2.45, 2.75) is 13.3 Å². The Bertz CT molecular complexity index is 141. The molecule has 0 spiro atoms. The van der Waals surface area contributed by atoms with Crippen LogP contribution in [0.15, 0.2) is 12.0 Å². The third-order valence-corrected chi connectivity index (χ3v) is 0.974. The lowest BCUT2D eigenvalue weighted by Gasteiger charge is -2.07. The Morgan fingerprint density at radius 2 is 2.18 bits per heavy atom. The van der Waals surface area contributed by atoms with Crippen molar-refractivity contribution in [3.8, 4) is 0 Å². The minimum Gasteiger partial charge on any atom is -0.489 e. The first kappa shape index (κ1) is 10.0. The molecule has 0 N–H and O–H groups in total. The second-order valence-corrected chi connectivity index (χ2v) is 2.46. The van der Waals surface area contributed by atoms with E-state index in [1.54, 1.807) is 11.1 Å². The van der Waals surface area contributed by atoms with Crippen LogP contribution >= 0.6 is 0 Å². The molecule has 0 saturated heterocycles. The van der Waals surface area contributed by atoms with Crippen molar-refractivity contribution in [1.29, 1.82) is 0 Å². The molecule has 64 valence electrons. The standard InChI is InChI=1S/C8H15NO2/c1-4-5-11-8(7-10)6-9(2)3/h6-7H,4-5H2,1-3H3. The summed E-state index contributed by atoms with van der Waals surface area (Å²) in [6.45, 7) is 2.59. The molecular weight excluding hydrogens is 142 g/mol. The van der Waals surface area contributed by atoms with Crippen LogP contribution in [0.3, 0.4) is 0 Å². The van der Waals surface area contributed by atoms with Crippen molar-refractivity contribution in [2.75, 3.05) is 20.7 Å². The van der Waals surface area contributed by atoms with E-state index in [0.29, 0.717) is 12.4 Å². The molecule has 0 radical (unpaired) electrons. The van der Waals surface area contributed by atoms with Gasteiger partial charge in [-0.2, -0.15) is 0 Å². The van der Waals surface area contributed by atoms with Crippen LogP contribution in [-0.4, -0.2) is 31.9 Å². The van der Waals surface area contributed by atoms with Gasteiger partial charge in [0.05, 0.1) is 6.61 Å². The highest BCUT2D eigenvalue weighted by molar-refractivity contribution is 5.69. The van der Waals surface area contributed by atoms with Gasteiger partial charge in [-0.1, -0.05) is 6.92 Å². The van der Waals surface area contributed by atoms with Gasteiger partial charge < -0.3 is 9.64 Å². The summed E-state index contributed by atoms with van der Waals surface area (Å²) in [6, 6.07) is 0. The third kappa shape index (κ3) is 5.45. The molecule has 0 aromatic carbocycles. The number of ether oxygens (including phenoxy) is 1. The molecule has 0 aromatic rings. The van der Waals surface area contributed by atoms with Crippen molar-refractivity contribution in [1.82, 2.24) is 4.90 Å². The first-order valence-electron chi connectivity index (χ1n) is 3.67. The maximum Gasteiger partial charge on any atom is 0.186 e. The Kier molecular flexibility index (Phi) is 5.25. The van der Waals surface area contributed by atoms with Crippen molar-refractivity contribution in [3.63, 3.8) is 0 Å². The summed E-state index contributed by atoms with van der Waals surface area (Å²) in [5, 5.41) is 0. The number of carbonyl (C=O) groups excluding carboxylic acids is 1. The summed E-state index contributed by atoms with van der Waals surface area (Å²) in [5.41, 5.74) is 0. The molecule has 3 nitrogen and oxygen atoms in total. The number of hydrogen-bond acceptors (Lipinski definition) is 3. The van der Waals surface area contributed by atoms with Gasteiger partial charge in [-0.3, -0.25) is 4.79 Å². The van der Waals surface area contributed by atoms with E-state index in [4.69, 9.17) is 4.74 Å². The van der Waals surface area contributed by atoms with Crippen LogP contribution in [0.2, 0.25) is 0 Å². The van der Waals surface area contributed by atoms with Gasteiger partial charge in [0, 0.05) is 20.3 Å². The Balaban J connectivity index is 3.84. The van der Waals surface area contributed by atoms with E-state index in [0.717, 1.165) is 12.7 Å². The number of carbonyl (C=O) groups is 1. The second kappa shape index (κ2) is 5.77. The lowest BCUT2D eigenvalue weighted by Crippen LogP contribution is -2.06. The van der Waals surface area contributed by atoms with Gasteiger partial charge in [-0.25, -0.2) is 0 Å². The molecule has 3 heteroatoms.